The van der Waals surface area contributed by atoms with Crippen molar-refractivity contribution >= 4 is 25.9 Å². The first-order valence-corrected chi connectivity index (χ1v) is 9.70. The number of hydrogen-bond donors (Lipinski definition) is 0. The predicted molar refractivity (Wildman–Crippen MR) is 79.9 cm³/mol. The van der Waals surface area contributed by atoms with Crippen LogP contribution in [0.15, 0.2) is 12.8 Å². The van der Waals surface area contributed by atoms with Gasteiger partial charge in [0.1, 0.15) is 12.5 Å². The van der Waals surface area contributed by atoms with E-state index in [1.54, 1.807) is 0 Å². The summed E-state index contributed by atoms with van der Waals surface area (Å²) in [6.45, 7) is 14.7. The van der Waals surface area contributed by atoms with Crippen molar-refractivity contribution in [2.45, 2.75) is 45.0 Å². The molecule has 6 heteroatoms. The topological polar surface area (TPSA) is 44.8 Å². The van der Waals surface area contributed by atoms with E-state index in [0.717, 1.165) is 0 Å². The van der Waals surface area contributed by atoms with E-state index in [9.17, 15) is 4.79 Å². The largest absolute Gasteiger partial charge is 0.498 e. The van der Waals surface area contributed by atoms with Crippen LogP contribution in [0.1, 0.15) is 20.8 Å². The second kappa shape index (κ2) is 7.92. The Kier molecular flexibility index (Phi) is 7.70. The van der Waals surface area contributed by atoms with Crippen molar-refractivity contribution in [2.24, 2.45) is 0 Å². The van der Waals surface area contributed by atoms with Gasteiger partial charge in [-0.1, -0.05) is 27.4 Å². The molecule has 0 radical (unpaired) electrons. The van der Waals surface area contributed by atoms with Gasteiger partial charge in [0.25, 0.3) is 0 Å². The monoisotopic (exact) mass is 308 g/mol. The summed E-state index contributed by atoms with van der Waals surface area (Å²) in [4.78, 5) is 11.2. The molecule has 0 aliphatic rings. The van der Waals surface area contributed by atoms with Gasteiger partial charge in [-0.3, -0.25) is 4.79 Å². The standard InChI is InChI=1S/C13H25ClO4Si/c1-7-16-9-11(18-12(15)8-14)10-17-19(5,6)13(2,3)4/h7,11H,1,8-10H2,2-6H3/t11-/m0/s1. The summed E-state index contributed by atoms with van der Waals surface area (Å²) >= 11 is 5.43. The normalized spacial score (nSPS) is 13.8. The number of hydrogen-bond acceptors (Lipinski definition) is 4. The summed E-state index contributed by atoms with van der Waals surface area (Å²) in [5.41, 5.74) is 0. The van der Waals surface area contributed by atoms with Gasteiger partial charge < -0.3 is 13.9 Å². The smallest absolute Gasteiger partial charge is 0.321 e. The zero-order chi connectivity index (χ0) is 15.1. The summed E-state index contributed by atoms with van der Waals surface area (Å²) in [7, 11) is -1.87. The molecule has 0 saturated heterocycles. The minimum absolute atomic E-state index is 0.105. The number of ether oxygens (including phenoxy) is 2. The molecule has 1 atom stereocenters. The molecule has 0 bridgehead atoms. The van der Waals surface area contributed by atoms with Crippen LogP contribution in [-0.4, -0.2) is 39.5 Å². The fourth-order valence-corrected chi connectivity index (χ4v) is 2.13. The predicted octanol–water partition coefficient (Wildman–Crippen LogP) is 3.32. The minimum Gasteiger partial charge on any atom is -0.498 e. The molecule has 0 aromatic heterocycles. The highest BCUT2D eigenvalue weighted by Crippen LogP contribution is 2.36. The van der Waals surface area contributed by atoms with Crippen LogP contribution in [0.5, 0.6) is 0 Å². The number of esters is 1. The van der Waals surface area contributed by atoms with Crippen molar-refractivity contribution in [3.05, 3.63) is 12.8 Å². The molecule has 0 spiro atoms. The minimum atomic E-state index is -1.87. The number of rotatable bonds is 8. The molecule has 0 aliphatic carbocycles. The van der Waals surface area contributed by atoms with Crippen LogP contribution in [0.2, 0.25) is 18.1 Å². The molecule has 0 saturated carbocycles. The van der Waals surface area contributed by atoms with Gasteiger partial charge >= 0.3 is 5.97 Å². The summed E-state index contributed by atoms with van der Waals surface area (Å²) in [5, 5.41) is 0.105. The highest BCUT2D eigenvalue weighted by atomic mass is 35.5. The van der Waals surface area contributed by atoms with Crippen LogP contribution in [-0.2, 0) is 18.7 Å². The number of alkyl halides is 1. The Bertz CT molecular complexity index is 300. The van der Waals surface area contributed by atoms with Gasteiger partial charge in [-0.2, -0.15) is 0 Å². The molecule has 0 aromatic carbocycles. The average Bonchev–Trinajstić information content (AvgIpc) is 2.30. The van der Waals surface area contributed by atoms with Crippen LogP contribution in [0, 0.1) is 0 Å². The molecule has 0 fully saturated rings. The van der Waals surface area contributed by atoms with Crippen molar-refractivity contribution in [3.8, 4) is 0 Å². The van der Waals surface area contributed by atoms with Crippen LogP contribution in [0.3, 0.4) is 0 Å². The van der Waals surface area contributed by atoms with Crippen molar-refractivity contribution in [3.63, 3.8) is 0 Å². The molecule has 0 amide bonds. The molecular formula is C13H25ClO4Si. The summed E-state index contributed by atoms with van der Waals surface area (Å²) in [6.07, 6.45) is 0.854. The van der Waals surface area contributed by atoms with Crippen LogP contribution < -0.4 is 0 Å². The zero-order valence-electron chi connectivity index (χ0n) is 12.5. The number of halogens is 1. The SMILES string of the molecule is C=COC[C@@H](CO[Si](C)(C)C(C)(C)C)OC(=O)CCl. The Balaban J connectivity index is 4.47. The molecule has 0 unspecified atom stereocenters. The fourth-order valence-electron chi connectivity index (χ4n) is 1.03. The van der Waals surface area contributed by atoms with E-state index in [1.165, 1.54) is 6.26 Å². The maximum atomic E-state index is 11.2. The number of carbonyl (C=O) groups is 1. The third-order valence-corrected chi connectivity index (χ3v) is 7.96. The maximum absolute atomic E-state index is 11.2. The lowest BCUT2D eigenvalue weighted by Crippen LogP contribution is -2.44. The highest BCUT2D eigenvalue weighted by Gasteiger charge is 2.37. The Hall–Kier alpha value is -0.523. The third-order valence-electron chi connectivity index (χ3n) is 3.24. The van der Waals surface area contributed by atoms with Gasteiger partial charge in [-0.05, 0) is 18.1 Å². The Morgan fingerprint density at radius 2 is 1.95 bits per heavy atom. The zero-order valence-corrected chi connectivity index (χ0v) is 14.3. The number of carbonyl (C=O) groups excluding carboxylic acids is 1. The van der Waals surface area contributed by atoms with Gasteiger partial charge in [0.2, 0.25) is 0 Å². The van der Waals surface area contributed by atoms with E-state index < -0.39 is 20.4 Å². The molecule has 112 valence electrons. The quantitative estimate of drug-likeness (QED) is 0.299. The maximum Gasteiger partial charge on any atom is 0.321 e. The summed E-state index contributed by atoms with van der Waals surface area (Å²) in [6, 6.07) is 0. The van der Waals surface area contributed by atoms with Gasteiger partial charge in [-0.25, -0.2) is 0 Å². The molecule has 0 N–H and O–H groups in total. The average molecular weight is 309 g/mol. The first-order valence-electron chi connectivity index (χ1n) is 6.26. The third kappa shape index (κ3) is 6.99. The van der Waals surface area contributed by atoms with Crippen molar-refractivity contribution in [1.82, 2.24) is 0 Å². The molecule has 4 nitrogen and oxygen atoms in total. The van der Waals surface area contributed by atoms with E-state index in [0.29, 0.717) is 6.61 Å². The molecule has 0 aliphatic heterocycles. The van der Waals surface area contributed by atoms with Crippen LogP contribution >= 0.6 is 11.6 Å². The van der Waals surface area contributed by atoms with E-state index in [4.69, 9.17) is 25.5 Å². The molecule has 0 aromatic rings. The van der Waals surface area contributed by atoms with Gasteiger partial charge in [0.15, 0.2) is 14.4 Å². The molecule has 0 rings (SSSR count). The molecule has 19 heavy (non-hydrogen) atoms. The van der Waals surface area contributed by atoms with Crippen molar-refractivity contribution < 1.29 is 18.7 Å². The second-order valence-corrected chi connectivity index (χ2v) is 10.9. The summed E-state index contributed by atoms with van der Waals surface area (Å²) in [5.74, 6) is -0.650. The van der Waals surface area contributed by atoms with Crippen LogP contribution in [0.25, 0.3) is 0 Å². The fraction of sp³-hybridized carbons (Fsp3) is 0.769. The highest BCUT2D eigenvalue weighted by molar-refractivity contribution is 6.74. The van der Waals surface area contributed by atoms with E-state index >= 15 is 0 Å². The van der Waals surface area contributed by atoms with Gasteiger partial charge in [-0.15, -0.1) is 11.6 Å². The Morgan fingerprint density at radius 1 is 1.37 bits per heavy atom. The van der Waals surface area contributed by atoms with Crippen molar-refractivity contribution in [2.75, 3.05) is 19.1 Å². The first kappa shape index (κ1) is 18.5. The van der Waals surface area contributed by atoms with Crippen LogP contribution in [0.4, 0.5) is 0 Å². The van der Waals surface area contributed by atoms with E-state index in [2.05, 4.69) is 40.4 Å². The molecular weight excluding hydrogens is 284 g/mol. The molecule has 0 heterocycles. The Morgan fingerprint density at radius 3 is 2.37 bits per heavy atom. The lowest BCUT2D eigenvalue weighted by atomic mass is 10.2. The Labute approximate surface area is 122 Å². The van der Waals surface area contributed by atoms with E-state index in [-0.39, 0.29) is 17.5 Å². The summed E-state index contributed by atoms with van der Waals surface area (Å²) < 4.78 is 16.2. The van der Waals surface area contributed by atoms with Gasteiger partial charge in [0, 0.05) is 0 Å². The van der Waals surface area contributed by atoms with E-state index in [1.807, 2.05) is 0 Å². The lowest BCUT2D eigenvalue weighted by molar-refractivity contribution is -0.149. The first-order chi connectivity index (χ1) is 8.64. The lowest BCUT2D eigenvalue weighted by Gasteiger charge is -2.37. The second-order valence-electron chi connectivity index (χ2n) is 5.82. The van der Waals surface area contributed by atoms with Crippen molar-refractivity contribution in [1.29, 1.82) is 0 Å². The van der Waals surface area contributed by atoms with Gasteiger partial charge in [0.05, 0.1) is 12.9 Å².